The maximum absolute atomic E-state index is 3.13. The van der Waals surface area contributed by atoms with E-state index >= 15 is 0 Å². The molecule has 0 aliphatic heterocycles. The Hall–Kier alpha value is -17.0. The fourth-order valence-corrected chi connectivity index (χ4v) is 18.9. The summed E-state index contributed by atoms with van der Waals surface area (Å²) >= 11 is 0. The third-order valence-corrected chi connectivity index (χ3v) is 25.9. The summed E-state index contributed by atoms with van der Waals surface area (Å²) in [5.74, 6) is 11.7. The topological polar surface area (TPSA) is 0 Å². The molecule has 0 aliphatic carbocycles. The lowest BCUT2D eigenvalue weighted by molar-refractivity contribution is 0.642. The summed E-state index contributed by atoms with van der Waals surface area (Å²) in [6, 6.07) is 179. The largest absolute Gasteiger partial charge is 0.0925 e. The Morgan fingerprint density at radius 1 is 0.203 bits per heavy atom. The summed E-state index contributed by atoms with van der Waals surface area (Å²) in [4.78, 5) is 0. The van der Waals surface area contributed by atoms with Gasteiger partial charge in [0, 0.05) is 11.0 Å². The van der Waals surface area contributed by atoms with Gasteiger partial charge >= 0.3 is 0 Å². The summed E-state index contributed by atoms with van der Waals surface area (Å²) in [6.45, 7) is 8.62. The van der Waals surface area contributed by atoms with Crippen molar-refractivity contribution >= 4 is 78.0 Å². The van der Waals surface area contributed by atoms with Crippen LogP contribution in [0.2, 0.25) is 0 Å². The smallest absolute Gasteiger partial charge is 0.0255 e. The quantitative estimate of drug-likeness (QED) is 0.0430. The van der Waals surface area contributed by atoms with Crippen LogP contribution in [0, 0.1) is 30.6 Å². The first kappa shape index (κ1) is 84.2. The number of benzene rings is 21. The second kappa shape index (κ2) is 38.5. The third kappa shape index (κ3) is 18.2. The van der Waals surface area contributed by atoms with E-state index in [1.54, 1.807) is 6.92 Å². The molecule has 0 heterocycles. The molecule has 21 aromatic rings. The van der Waals surface area contributed by atoms with Crippen LogP contribution in [0.25, 0.3) is 167 Å². The molecule has 0 fully saturated rings. The molecule has 0 heteroatoms. The summed E-state index contributed by atoms with van der Waals surface area (Å²) in [7, 11) is 0. The van der Waals surface area contributed by atoms with Gasteiger partial charge in [-0.25, -0.2) is 0 Å². The van der Waals surface area contributed by atoms with Crippen molar-refractivity contribution in [2.75, 3.05) is 0 Å². The minimum absolute atomic E-state index is 0.207. The van der Waals surface area contributed by atoms with Crippen molar-refractivity contribution in [2.24, 2.45) is 0 Å². The lowest BCUT2D eigenvalue weighted by atomic mass is 9.76. The molecule has 0 aromatic heterocycles. The number of hydrogen-bond acceptors (Lipinski definition) is 0. The molecule has 0 bridgehead atoms. The molecule has 0 nitrogen and oxygen atoms in total. The number of aryl methyl sites for hydroxylation is 1. The summed E-state index contributed by atoms with van der Waals surface area (Å²) in [6.07, 6.45) is 6.93. The predicted octanol–water partition coefficient (Wildman–Crippen LogP) is 35.1. The molecule has 0 radical (unpaired) electrons. The second-order valence-corrected chi connectivity index (χ2v) is 34.6. The van der Waals surface area contributed by atoms with Crippen molar-refractivity contribution in [2.45, 2.75) is 33.1 Å². The van der Waals surface area contributed by atoms with E-state index in [2.05, 4.69) is 554 Å². The van der Waals surface area contributed by atoms with E-state index in [1.807, 2.05) is 0 Å². The molecule has 21 rings (SSSR count). The van der Waals surface area contributed by atoms with Gasteiger partial charge in [0.05, 0.1) is 0 Å². The summed E-state index contributed by atoms with van der Waals surface area (Å²) < 4.78 is 0. The Bertz CT molecular complexity index is 7810. The molecule has 0 N–H and O–H groups in total. The van der Waals surface area contributed by atoms with Crippen LogP contribution in [0.15, 0.2) is 491 Å². The molecule has 0 atom stereocenters. The van der Waals surface area contributed by atoms with Crippen molar-refractivity contribution in [1.29, 1.82) is 0 Å². The van der Waals surface area contributed by atoms with Gasteiger partial charge in [0.25, 0.3) is 0 Å². The van der Waals surface area contributed by atoms with Crippen LogP contribution < -0.4 is 0 Å². The Morgan fingerprint density at radius 2 is 0.451 bits per heavy atom. The SMILES string of the molecule is CC#CC#Cc1ccc(-c2ccc(-c3cc(-c4ccc(-c5ccc(C)cc5)cc4)cc(-c4c5ccccc5c(-c5ccc(C=C(c6ccccc6)c6ccccc6)cc5)c5ccccc45)c3)cc2)cc1.CC(C)(c1ccccc1)c1ccc2c(-c3ccc(C=C(c4ccccc4)c4ccccc4)cc3)c3ccccc3c(-c3ccc(C=C(c4ccccc4)c4ccccc4)cc3)c2c1. The van der Waals surface area contributed by atoms with Gasteiger partial charge in [-0.15, -0.1) is 0 Å². The van der Waals surface area contributed by atoms with Gasteiger partial charge in [0.15, 0.2) is 0 Å². The third-order valence-electron chi connectivity index (χ3n) is 25.9. The highest BCUT2D eigenvalue weighted by Gasteiger charge is 2.27. The fourth-order valence-electron chi connectivity index (χ4n) is 18.9. The molecular formula is C133H96. The zero-order valence-corrected chi connectivity index (χ0v) is 75.0. The monoisotopic (exact) mass is 1690 g/mol. The first-order valence-corrected chi connectivity index (χ1v) is 45.8. The molecule has 0 amide bonds. The Balaban J connectivity index is 0.000000166. The van der Waals surface area contributed by atoms with Crippen LogP contribution in [-0.2, 0) is 5.41 Å². The first-order valence-electron chi connectivity index (χ1n) is 45.8. The molecule has 133 heavy (non-hydrogen) atoms. The Kier molecular flexibility index (Phi) is 24.4. The van der Waals surface area contributed by atoms with Crippen molar-refractivity contribution in [1.82, 2.24) is 0 Å². The van der Waals surface area contributed by atoms with Gasteiger partial charge in [0.1, 0.15) is 0 Å². The zero-order chi connectivity index (χ0) is 89.8. The van der Waals surface area contributed by atoms with E-state index in [-0.39, 0.29) is 5.41 Å². The maximum atomic E-state index is 3.13. The summed E-state index contributed by atoms with van der Waals surface area (Å²) in [5.41, 5.74) is 38.0. The van der Waals surface area contributed by atoms with E-state index < -0.39 is 0 Å². The molecule has 0 spiro atoms. The average Bonchev–Trinajstić information content (AvgIpc) is 0.738. The van der Waals surface area contributed by atoms with Gasteiger partial charge in [-0.2, -0.15) is 0 Å². The lowest BCUT2D eigenvalue weighted by Gasteiger charge is -2.27. The molecule has 0 unspecified atom stereocenters. The highest BCUT2D eigenvalue weighted by Crippen LogP contribution is 2.49. The molecule has 628 valence electrons. The van der Waals surface area contributed by atoms with Crippen LogP contribution >= 0.6 is 0 Å². The summed E-state index contributed by atoms with van der Waals surface area (Å²) in [5, 5.41) is 9.87. The standard InChI is InChI=1S/C70H48.C63H48/c1-3-4-7-16-50-27-33-53(34-28-50)55-39-43-57(44-40-55)62-46-61(56-41-37-54(38-42-56)52-31-25-49(2)26-32-52)47-63(48-62)70-66-23-14-12-21-64(66)69(65-22-13-15-24-67(65)70)60-35-29-51(30-36-60)45-68(58-17-8-5-9-18-58)59-19-10-6-11-20-59;1-63(2,53-28-16-7-17-29-53)54-40-41-57-60(44-54)62(52-38-34-46(35-39-52)43-59(49-24-12-5-13-25-49)50-26-14-6-15-27-50)56-31-19-18-30-55(56)61(57)51-36-32-45(33-37-51)42-58(47-20-8-3-9-21-47)48-22-10-4-11-23-48/h5-6,8-15,17-48H,1-2H3;3-44H,1-2H3. The van der Waals surface area contributed by atoms with Gasteiger partial charge in [-0.1, -0.05) is 486 Å². The Morgan fingerprint density at radius 3 is 0.767 bits per heavy atom. The fraction of sp³-hybridized carbons (Fsp3) is 0.0376. The molecule has 0 aliphatic rings. The van der Waals surface area contributed by atoms with Crippen LogP contribution in [0.3, 0.4) is 0 Å². The van der Waals surface area contributed by atoms with Gasteiger partial charge in [0.2, 0.25) is 0 Å². The van der Waals surface area contributed by atoms with Gasteiger partial charge in [-0.3, -0.25) is 0 Å². The number of fused-ring (bicyclic) bond motifs is 4. The van der Waals surface area contributed by atoms with Crippen molar-refractivity contribution < 1.29 is 0 Å². The van der Waals surface area contributed by atoms with E-state index in [4.69, 9.17) is 0 Å². The average molecular weight is 1690 g/mol. The molecule has 21 aromatic carbocycles. The minimum Gasteiger partial charge on any atom is -0.0925 e. The molecular weight excluding hydrogens is 1600 g/mol. The van der Waals surface area contributed by atoms with Gasteiger partial charge < -0.3 is 0 Å². The van der Waals surface area contributed by atoms with Crippen molar-refractivity contribution in [3.8, 4) is 113 Å². The predicted molar refractivity (Wildman–Crippen MR) is 570 cm³/mol. The van der Waals surface area contributed by atoms with E-state index in [9.17, 15) is 0 Å². The zero-order valence-electron chi connectivity index (χ0n) is 75.0. The Labute approximate surface area is 781 Å². The van der Waals surface area contributed by atoms with E-state index in [0.717, 1.165) is 44.5 Å². The first-order chi connectivity index (χ1) is 65.6. The van der Waals surface area contributed by atoms with Crippen LogP contribution in [0.5, 0.6) is 0 Å². The highest BCUT2D eigenvalue weighted by molar-refractivity contribution is 6.23. The molecule has 0 saturated carbocycles. The van der Waals surface area contributed by atoms with Crippen molar-refractivity contribution in [3.05, 3.63) is 564 Å². The molecule has 0 saturated heterocycles. The normalized spacial score (nSPS) is 11.0. The maximum Gasteiger partial charge on any atom is 0.0255 e. The highest BCUT2D eigenvalue weighted by atomic mass is 14.3. The lowest BCUT2D eigenvalue weighted by Crippen LogP contribution is -2.18. The van der Waals surface area contributed by atoms with E-state index in [0.29, 0.717) is 0 Å². The number of hydrogen-bond donors (Lipinski definition) is 0. The van der Waals surface area contributed by atoms with Crippen LogP contribution in [0.1, 0.15) is 93.1 Å². The minimum atomic E-state index is -0.207. The number of rotatable bonds is 19. The van der Waals surface area contributed by atoms with Crippen molar-refractivity contribution in [3.63, 3.8) is 0 Å². The van der Waals surface area contributed by atoms with Crippen LogP contribution in [0.4, 0.5) is 0 Å². The van der Waals surface area contributed by atoms with E-state index in [1.165, 1.54) is 177 Å². The van der Waals surface area contributed by atoms with Gasteiger partial charge in [-0.05, 0) is 290 Å². The second-order valence-electron chi connectivity index (χ2n) is 34.6. The van der Waals surface area contributed by atoms with Crippen LogP contribution in [-0.4, -0.2) is 0 Å².